The van der Waals surface area contributed by atoms with E-state index in [1.807, 2.05) is 42.8 Å². The van der Waals surface area contributed by atoms with Gasteiger partial charge in [0.1, 0.15) is 0 Å². The Morgan fingerprint density at radius 2 is 2.00 bits per heavy atom. The first-order valence-corrected chi connectivity index (χ1v) is 7.65. The van der Waals surface area contributed by atoms with Crippen molar-refractivity contribution in [2.24, 2.45) is 0 Å². The average Bonchev–Trinajstić information content (AvgIpc) is 2.90. The van der Waals surface area contributed by atoms with Gasteiger partial charge in [-0.25, -0.2) is 0 Å². The Morgan fingerprint density at radius 3 is 2.59 bits per heavy atom. The van der Waals surface area contributed by atoms with Crippen molar-refractivity contribution in [3.8, 4) is 0 Å². The molecule has 0 aliphatic heterocycles. The number of rotatable bonds is 5. The molecule has 2 aromatic rings. The van der Waals surface area contributed by atoms with Crippen molar-refractivity contribution in [2.75, 3.05) is 12.8 Å². The smallest absolute Gasteiger partial charge is 0.0911 e. The van der Waals surface area contributed by atoms with Gasteiger partial charge in [-0.15, -0.1) is 11.3 Å². The monoisotopic (exact) mass is 265 g/mol. The zero-order chi connectivity index (χ0) is 12.1. The molecule has 1 N–H and O–H groups in total. The lowest BCUT2D eigenvalue weighted by molar-refractivity contribution is 0.636. The number of thiophene rings is 1. The van der Waals surface area contributed by atoms with Gasteiger partial charge in [0.2, 0.25) is 0 Å². The lowest BCUT2D eigenvalue weighted by Gasteiger charge is -2.15. The largest absolute Gasteiger partial charge is 0.312 e. The summed E-state index contributed by atoms with van der Waals surface area (Å²) < 4.78 is 13.1. The predicted molar refractivity (Wildman–Crippen MR) is 73.8 cm³/mol. The highest BCUT2D eigenvalue weighted by atomic mass is 32.2. The molecule has 2 nitrogen and oxygen atoms in total. The minimum absolute atomic E-state index is 0.138. The Labute approximate surface area is 108 Å². The van der Waals surface area contributed by atoms with Crippen LogP contribution in [0.2, 0.25) is 0 Å². The minimum Gasteiger partial charge on any atom is -0.312 e. The second-order valence-electron chi connectivity index (χ2n) is 3.70. The molecule has 0 bridgehead atoms. The highest BCUT2D eigenvalue weighted by Gasteiger charge is 2.14. The molecule has 17 heavy (non-hydrogen) atoms. The fourth-order valence-electron chi connectivity index (χ4n) is 1.66. The van der Waals surface area contributed by atoms with Gasteiger partial charge in [-0.2, -0.15) is 0 Å². The van der Waals surface area contributed by atoms with Crippen molar-refractivity contribution < 1.29 is 4.21 Å². The van der Waals surface area contributed by atoms with E-state index >= 15 is 0 Å². The van der Waals surface area contributed by atoms with E-state index in [0.29, 0.717) is 5.75 Å². The third-order valence-electron chi connectivity index (χ3n) is 2.59. The molecule has 0 aliphatic rings. The molecule has 1 heterocycles. The second-order valence-corrected chi connectivity index (χ2v) is 6.37. The van der Waals surface area contributed by atoms with Crippen LogP contribution in [0, 0.1) is 0 Å². The lowest BCUT2D eigenvalue weighted by Crippen LogP contribution is -2.22. The van der Waals surface area contributed by atoms with Crippen LogP contribution in [0.15, 0.2) is 52.1 Å². The van der Waals surface area contributed by atoms with E-state index in [4.69, 9.17) is 0 Å². The molecule has 0 fully saturated rings. The summed E-state index contributed by atoms with van der Waals surface area (Å²) >= 11 is 1.55. The molecular weight excluding hydrogens is 250 g/mol. The van der Waals surface area contributed by atoms with Gasteiger partial charge in [-0.05, 0) is 24.1 Å². The van der Waals surface area contributed by atoms with Crippen LogP contribution >= 0.6 is 11.3 Å². The van der Waals surface area contributed by atoms with E-state index in [1.54, 1.807) is 11.3 Å². The lowest BCUT2D eigenvalue weighted by atomic mass is 10.1. The van der Waals surface area contributed by atoms with E-state index < -0.39 is 10.8 Å². The molecule has 1 aromatic carbocycles. The summed E-state index contributed by atoms with van der Waals surface area (Å²) in [7, 11) is 0.979. The van der Waals surface area contributed by atoms with Crippen LogP contribution in [0.4, 0.5) is 0 Å². The first kappa shape index (κ1) is 12.5. The van der Waals surface area contributed by atoms with E-state index in [1.165, 1.54) is 5.56 Å². The van der Waals surface area contributed by atoms with Gasteiger partial charge >= 0.3 is 0 Å². The van der Waals surface area contributed by atoms with Gasteiger partial charge in [0.25, 0.3) is 0 Å². The number of nitrogens with one attached hydrogen (secondary N) is 1. The number of hydrogen-bond acceptors (Lipinski definition) is 3. The molecule has 90 valence electrons. The zero-order valence-corrected chi connectivity index (χ0v) is 11.3. The quantitative estimate of drug-likeness (QED) is 0.900. The predicted octanol–water partition coefficient (Wildman–Crippen LogP) is 2.82. The maximum absolute atomic E-state index is 12.1. The van der Waals surface area contributed by atoms with Crippen LogP contribution in [0.3, 0.4) is 0 Å². The van der Waals surface area contributed by atoms with Crippen molar-refractivity contribution in [2.45, 2.75) is 10.3 Å². The van der Waals surface area contributed by atoms with Gasteiger partial charge in [0.15, 0.2) is 0 Å². The van der Waals surface area contributed by atoms with E-state index in [-0.39, 0.29) is 6.04 Å². The van der Waals surface area contributed by atoms with Crippen molar-refractivity contribution in [3.63, 3.8) is 0 Å². The fraction of sp³-hybridized carbons (Fsp3) is 0.231. The molecular formula is C13H15NOS2. The van der Waals surface area contributed by atoms with Gasteiger partial charge in [0, 0.05) is 11.8 Å². The van der Waals surface area contributed by atoms with E-state index in [9.17, 15) is 4.21 Å². The van der Waals surface area contributed by atoms with Crippen LogP contribution in [-0.4, -0.2) is 17.0 Å². The summed E-state index contributed by atoms with van der Waals surface area (Å²) in [6.45, 7) is 0. The van der Waals surface area contributed by atoms with Crippen molar-refractivity contribution >= 4 is 22.1 Å². The standard InChI is InChI=1S/C13H15NOS2/c1-14-12(11-6-3-2-4-7-11)10-17(15)13-8-5-9-16-13/h2-9,12,14H,10H2,1H3. The van der Waals surface area contributed by atoms with Crippen LogP contribution in [-0.2, 0) is 10.8 Å². The molecule has 2 unspecified atom stereocenters. The summed E-state index contributed by atoms with van der Waals surface area (Å²) in [5.74, 6) is 0.612. The van der Waals surface area contributed by atoms with Crippen LogP contribution in [0.5, 0.6) is 0 Å². The Morgan fingerprint density at radius 1 is 1.24 bits per heavy atom. The topological polar surface area (TPSA) is 29.1 Å². The van der Waals surface area contributed by atoms with Gasteiger partial charge < -0.3 is 5.32 Å². The Balaban J connectivity index is 2.09. The molecule has 0 radical (unpaired) electrons. The first-order chi connectivity index (χ1) is 8.31. The average molecular weight is 265 g/mol. The Bertz CT molecular complexity index is 467. The van der Waals surface area contributed by atoms with E-state index in [0.717, 1.165) is 4.21 Å². The van der Waals surface area contributed by atoms with Crippen LogP contribution < -0.4 is 5.32 Å². The highest BCUT2D eigenvalue weighted by Crippen LogP contribution is 2.19. The number of hydrogen-bond donors (Lipinski definition) is 1. The molecule has 2 rings (SSSR count). The summed E-state index contributed by atoms with van der Waals surface area (Å²) in [4.78, 5) is 0. The highest BCUT2D eigenvalue weighted by molar-refractivity contribution is 7.87. The van der Waals surface area contributed by atoms with Gasteiger partial charge in [-0.3, -0.25) is 4.21 Å². The molecule has 1 aromatic heterocycles. The molecule has 0 amide bonds. The molecule has 2 atom stereocenters. The van der Waals surface area contributed by atoms with Gasteiger partial charge in [0.05, 0.1) is 15.0 Å². The third kappa shape index (κ3) is 3.25. The van der Waals surface area contributed by atoms with Crippen molar-refractivity contribution in [1.82, 2.24) is 5.32 Å². The number of benzene rings is 1. The van der Waals surface area contributed by atoms with Crippen molar-refractivity contribution in [1.29, 1.82) is 0 Å². The Kier molecular flexibility index (Phi) is 4.48. The maximum atomic E-state index is 12.1. The molecule has 0 spiro atoms. The second kappa shape index (κ2) is 6.10. The molecule has 0 saturated carbocycles. The minimum atomic E-state index is -0.927. The van der Waals surface area contributed by atoms with E-state index in [2.05, 4.69) is 17.4 Å². The van der Waals surface area contributed by atoms with Gasteiger partial charge in [-0.1, -0.05) is 36.4 Å². The molecule has 4 heteroatoms. The Hall–Kier alpha value is -0.970. The van der Waals surface area contributed by atoms with Crippen LogP contribution in [0.1, 0.15) is 11.6 Å². The summed E-state index contributed by atoms with van der Waals surface area (Å²) in [5, 5.41) is 5.19. The molecule has 0 aliphatic carbocycles. The molecule has 0 saturated heterocycles. The normalized spacial score (nSPS) is 14.4. The SMILES string of the molecule is CNC(CS(=O)c1cccs1)c1ccccc1. The summed E-state index contributed by atoms with van der Waals surface area (Å²) in [6.07, 6.45) is 0. The summed E-state index contributed by atoms with van der Waals surface area (Å²) in [6, 6.07) is 14.1. The maximum Gasteiger partial charge on any atom is 0.0911 e. The zero-order valence-electron chi connectivity index (χ0n) is 9.63. The fourth-order valence-corrected chi connectivity index (χ4v) is 3.96. The summed E-state index contributed by atoms with van der Waals surface area (Å²) in [5.41, 5.74) is 1.18. The third-order valence-corrected chi connectivity index (χ3v) is 5.32. The van der Waals surface area contributed by atoms with Crippen LogP contribution in [0.25, 0.3) is 0 Å². The van der Waals surface area contributed by atoms with Crippen molar-refractivity contribution in [3.05, 3.63) is 53.4 Å². The first-order valence-electron chi connectivity index (χ1n) is 5.45.